The molecule has 2 aromatic carbocycles. The Morgan fingerprint density at radius 3 is 2.44 bits per heavy atom. The second-order valence-corrected chi connectivity index (χ2v) is 10.1. The minimum Gasteiger partial charge on any atom is -0.481 e. The van der Waals surface area contributed by atoms with Gasteiger partial charge >= 0.3 is 18.1 Å². The van der Waals surface area contributed by atoms with Crippen molar-refractivity contribution in [2.45, 2.75) is 58.6 Å². The highest BCUT2D eigenvalue weighted by Crippen LogP contribution is 2.39. The Hall–Kier alpha value is -3.62. The van der Waals surface area contributed by atoms with Gasteiger partial charge in [-0.15, -0.1) is 0 Å². The lowest BCUT2D eigenvalue weighted by Crippen LogP contribution is -2.40. The fourth-order valence-electron chi connectivity index (χ4n) is 4.93. The number of carboxylic acid groups (broad SMARTS) is 1. The van der Waals surface area contributed by atoms with E-state index in [1.807, 2.05) is 12.1 Å². The van der Waals surface area contributed by atoms with Crippen molar-refractivity contribution in [2.24, 2.45) is 11.3 Å². The molecule has 1 aliphatic heterocycles. The summed E-state index contributed by atoms with van der Waals surface area (Å²) >= 11 is 0. The van der Waals surface area contributed by atoms with Crippen LogP contribution in [0.2, 0.25) is 0 Å². The fraction of sp³-hybridized carbons (Fsp3) is 0.444. The van der Waals surface area contributed by atoms with E-state index >= 15 is 0 Å². The first-order valence-electron chi connectivity index (χ1n) is 12.3. The number of carboxylic acids is 1. The Morgan fingerprint density at radius 2 is 1.75 bits per heavy atom. The number of anilines is 2. The molecule has 0 bridgehead atoms. The number of carbonyl (C=O) groups is 3. The van der Waals surface area contributed by atoms with Crippen LogP contribution in [0, 0.1) is 17.2 Å². The monoisotopic (exact) mass is 497 g/mol. The van der Waals surface area contributed by atoms with Gasteiger partial charge in [0.15, 0.2) is 0 Å². The van der Waals surface area contributed by atoms with E-state index in [-0.39, 0.29) is 23.8 Å². The number of hydrogen-bond acceptors (Lipinski definition) is 4. The minimum absolute atomic E-state index is 0.0726. The van der Waals surface area contributed by atoms with Gasteiger partial charge in [0.05, 0.1) is 11.1 Å². The van der Waals surface area contributed by atoms with Gasteiger partial charge in [0, 0.05) is 18.8 Å². The third kappa shape index (κ3) is 5.78. The number of halogens is 1. The first-order valence-corrected chi connectivity index (χ1v) is 12.3. The second kappa shape index (κ2) is 10.6. The molecule has 36 heavy (non-hydrogen) atoms. The average Bonchev–Trinajstić information content (AvgIpc) is 2.85. The molecule has 192 valence electrons. The van der Waals surface area contributed by atoms with Gasteiger partial charge < -0.3 is 25.4 Å². The second-order valence-electron chi connectivity index (χ2n) is 10.1. The number of ether oxygens (including phenoxy) is 1. The van der Waals surface area contributed by atoms with E-state index in [9.17, 15) is 23.9 Å². The molecule has 2 aliphatic rings. The Labute approximate surface area is 209 Å². The van der Waals surface area contributed by atoms with E-state index in [0.29, 0.717) is 38.0 Å². The summed E-state index contributed by atoms with van der Waals surface area (Å²) in [5.41, 5.74) is 1.91. The van der Waals surface area contributed by atoms with E-state index in [1.165, 1.54) is 12.1 Å². The van der Waals surface area contributed by atoms with Crippen LogP contribution in [0.25, 0.3) is 0 Å². The highest BCUT2D eigenvalue weighted by atomic mass is 19.1. The van der Waals surface area contributed by atoms with Crippen LogP contribution in [-0.4, -0.2) is 40.7 Å². The van der Waals surface area contributed by atoms with Crippen molar-refractivity contribution >= 4 is 29.5 Å². The van der Waals surface area contributed by atoms with Crippen LogP contribution in [0.15, 0.2) is 42.5 Å². The standard InChI is InChI=1S/C27H32FN3O5/c1-27(2,24(32)33)19-8-11-21(12-9-19)36-26(35)31-14-13-17-15-20(10-7-18(17)16-31)29-25(34)30-23-6-4-3-5-22(23)28/h3-7,10,15,19,21H,8-9,11-14,16H2,1-2H3,(H,32,33)(H2,29,30,34). The van der Waals surface area contributed by atoms with Gasteiger partial charge in [0.2, 0.25) is 0 Å². The molecular weight excluding hydrogens is 465 g/mol. The highest BCUT2D eigenvalue weighted by Gasteiger charge is 2.39. The number of nitrogens with one attached hydrogen (secondary N) is 2. The number of aliphatic carboxylic acids is 1. The Kier molecular flexibility index (Phi) is 7.47. The summed E-state index contributed by atoms with van der Waals surface area (Å²) in [7, 11) is 0. The number of hydrogen-bond donors (Lipinski definition) is 3. The summed E-state index contributed by atoms with van der Waals surface area (Å²) in [6, 6.07) is 10.9. The van der Waals surface area contributed by atoms with Crippen LogP contribution in [0.1, 0.15) is 50.7 Å². The normalized spacial score (nSPS) is 19.7. The number of para-hydroxylation sites is 1. The van der Waals surface area contributed by atoms with Gasteiger partial charge in [-0.25, -0.2) is 14.0 Å². The van der Waals surface area contributed by atoms with E-state index < -0.39 is 23.2 Å². The van der Waals surface area contributed by atoms with Crippen LogP contribution in [0.3, 0.4) is 0 Å². The Balaban J connectivity index is 1.28. The Morgan fingerprint density at radius 1 is 1.03 bits per heavy atom. The minimum atomic E-state index is -0.793. The van der Waals surface area contributed by atoms with Crippen molar-refractivity contribution in [2.75, 3.05) is 17.2 Å². The van der Waals surface area contributed by atoms with E-state index in [1.54, 1.807) is 36.9 Å². The first-order chi connectivity index (χ1) is 17.1. The number of urea groups is 1. The molecule has 0 atom stereocenters. The molecule has 3 N–H and O–H groups in total. The molecule has 8 nitrogen and oxygen atoms in total. The van der Waals surface area contributed by atoms with Crippen molar-refractivity contribution in [3.05, 3.63) is 59.4 Å². The number of benzene rings is 2. The molecule has 0 radical (unpaired) electrons. The van der Waals surface area contributed by atoms with E-state index in [2.05, 4.69) is 10.6 Å². The molecule has 2 aromatic rings. The van der Waals surface area contributed by atoms with E-state index in [0.717, 1.165) is 24.0 Å². The highest BCUT2D eigenvalue weighted by molar-refractivity contribution is 5.99. The maximum atomic E-state index is 13.8. The SMILES string of the molecule is CC(C)(C(=O)O)C1CCC(OC(=O)N2CCc3cc(NC(=O)Nc4ccccc4F)ccc3C2)CC1. The van der Waals surface area contributed by atoms with Crippen molar-refractivity contribution in [3.8, 4) is 0 Å². The third-order valence-electron chi connectivity index (χ3n) is 7.37. The van der Waals surface area contributed by atoms with Crippen molar-refractivity contribution < 1.29 is 28.6 Å². The van der Waals surface area contributed by atoms with Crippen LogP contribution < -0.4 is 10.6 Å². The van der Waals surface area contributed by atoms with Crippen molar-refractivity contribution in [1.82, 2.24) is 4.90 Å². The zero-order valence-electron chi connectivity index (χ0n) is 20.6. The number of nitrogens with zero attached hydrogens (tertiary/aromatic N) is 1. The summed E-state index contributed by atoms with van der Waals surface area (Å²) in [6.45, 7) is 4.43. The molecule has 3 amide bonds. The van der Waals surface area contributed by atoms with Crippen molar-refractivity contribution in [3.63, 3.8) is 0 Å². The maximum absolute atomic E-state index is 13.8. The van der Waals surface area contributed by atoms with Crippen LogP contribution in [-0.2, 0) is 22.5 Å². The van der Waals surface area contributed by atoms with E-state index in [4.69, 9.17) is 4.74 Å². The molecule has 0 aromatic heterocycles. The lowest BCUT2D eigenvalue weighted by atomic mass is 9.70. The number of amides is 3. The van der Waals surface area contributed by atoms with Crippen LogP contribution in [0.5, 0.6) is 0 Å². The van der Waals surface area contributed by atoms with Gasteiger partial charge in [-0.1, -0.05) is 18.2 Å². The Bertz CT molecular complexity index is 1140. The molecular formula is C27H32FN3O5. The lowest BCUT2D eigenvalue weighted by Gasteiger charge is -2.37. The van der Waals surface area contributed by atoms with Gasteiger partial charge in [-0.05, 0) is 87.3 Å². The predicted octanol–water partition coefficient (Wildman–Crippen LogP) is 5.63. The smallest absolute Gasteiger partial charge is 0.410 e. The quantitative estimate of drug-likeness (QED) is 0.496. The number of carbonyl (C=O) groups excluding carboxylic acids is 2. The maximum Gasteiger partial charge on any atom is 0.410 e. The summed E-state index contributed by atoms with van der Waals surface area (Å²) in [5, 5.41) is 14.7. The molecule has 0 unspecified atom stereocenters. The largest absolute Gasteiger partial charge is 0.481 e. The fourth-order valence-corrected chi connectivity index (χ4v) is 4.93. The number of fused-ring (bicyclic) bond motifs is 1. The summed E-state index contributed by atoms with van der Waals surface area (Å²) in [5.74, 6) is -1.23. The lowest BCUT2D eigenvalue weighted by molar-refractivity contribution is -0.151. The zero-order valence-corrected chi connectivity index (χ0v) is 20.6. The average molecular weight is 498 g/mol. The molecule has 1 fully saturated rings. The molecule has 1 aliphatic carbocycles. The van der Waals surface area contributed by atoms with Gasteiger partial charge in [0.25, 0.3) is 0 Å². The van der Waals surface area contributed by atoms with Crippen molar-refractivity contribution in [1.29, 1.82) is 0 Å². The summed E-state index contributed by atoms with van der Waals surface area (Å²) in [6.07, 6.45) is 2.85. The van der Waals surface area contributed by atoms with Gasteiger partial charge in [-0.3, -0.25) is 4.79 Å². The molecule has 4 rings (SSSR count). The zero-order chi connectivity index (χ0) is 25.9. The summed E-state index contributed by atoms with van der Waals surface area (Å²) in [4.78, 5) is 38.2. The first kappa shape index (κ1) is 25.5. The van der Waals surface area contributed by atoms with Crippen LogP contribution >= 0.6 is 0 Å². The molecule has 1 saturated carbocycles. The van der Waals surface area contributed by atoms with Gasteiger partial charge in [-0.2, -0.15) is 0 Å². The molecule has 1 heterocycles. The molecule has 0 saturated heterocycles. The predicted molar refractivity (Wildman–Crippen MR) is 133 cm³/mol. The van der Waals surface area contributed by atoms with Crippen LogP contribution in [0.4, 0.5) is 25.4 Å². The van der Waals surface area contributed by atoms with Gasteiger partial charge in [0.1, 0.15) is 11.9 Å². The molecule has 0 spiro atoms. The third-order valence-corrected chi connectivity index (χ3v) is 7.37. The topological polar surface area (TPSA) is 108 Å². The number of rotatable bonds is 5. The summed E-state index contributed by atoms with van der Waals surface area (Å²) < 4.78 is 19.5. The molecule has 9 heteroatoms.